The Morgan fingerprint density at radius 1 is 1.18 bits per heavy atom. The van der Waals surface area contributed by atoms with Crippen LogP contribution >= 0.6 is 0 Å². The number of likely N-dealkylation sites (tertiary alicyclic amines) is 1. The van der Waals surface area contributed by atoms with Crippen LogP contribution in [0.1, 0.15) is 39.2 Å². The van der Waals surface area contributed by atoms with Crippen molar-refractivity contribution in [1.82, 2.24) is 19.2 Å². The van der Waals surface area contributed by atoms with Crippen LogP contribution in [0.15, 0.2) is 52.5 Å². The summed E-state index contributed by atoms with van der Waals surface area (Å²) in [6, 6.07) is 10.1. The number of aryl methyl sites for hydroxylation is 2. The van der Waals surface area contributed by atoms with Crippen molar-refractivity contribution in [3.8, 4) is 5.75 Å². The van der Waals surface area contributed by atoms with Gasteiger partial charge in [-0.2, -0.15) is 0 Å². The van der Waals surface area contributed by atoms with Crippen molar-refractivity contribution in [3.63, 3.8) is 0 Å². The predicted molar refractivity (Wildman–Crippen MR) is 170 cm³/mol. The number of anilines is 1. The quantitative estimate of drug-likeness (QED) is 0.289. The number of ether oxygens (including phenoxy) is 1. The molecule has 4 aliphatic rings. The van der Waals surface area contributed by atoms with Crippen LogP contribution in [0.25, 0.3) is 10.9 Å². The van der Waals surface area contributed by atoms with Gasteiger partial charge in [0, 0.05) is 31.4 Å². The molecular weight excluding hydrogens is 583 g/mol. The molecule has 3 aliphatic carbocycles. The Labute approximate surface area is 257 Å². The summed E-state index contributed by atoms with van der Waals surface area (Å²) in [7, 11) is -1.81. The second-order valence-corrected chi connectivity index (χ2v) is 15.1. The number of nitrogens with zero attached hydrogens (tertiary/aromatic N) is 4. The highest BCUT2D eigenvalue weighted by Crippen LogP contribution is 2.61. The van der Waals surface area contributed by atoms with Gasteiger partial charge in [-0.1, -0.05) is 26.8 Å². The Balaban J connectivity index is 1.21. The first-order valence-corrected chi connectivity index (χ1v) is 17.1. The summed E-state index contributed by atoms with van der Waals surface area (Å²) in [5.41, 5.74) is 1.94. The van der Waals surface area contributed by atoms with E-state index in [1.54, 1.807) is 18.2 Å². The van der Waals surface area contributed by atoms with Crippen LogP contribution in [0.2, 0.25) is 0 Å². The molecule has 7 rings (SSSR count). The van der Waals surface area contributed by atoms with Crippen molar-refractivity contribution in [2.75, 3.05) is 31.8 Å². The van der Waals surface area contributed by atoms with E-state index in [4.69, 9.17) is 9.73 Å². The fourth-order valence-corrected chi connectivity index (χ4v) is 8.05. The minimum Gasteiger partial charge on any atom is -0.497 e. The molecule has 4 fully saturated rings. The van der Waals surface area contributed by atoms with Gasteiger partial charge in [0.1, 0.15) is 11.6 Å². The van der Waals surface area contributed by atoms with E-state index in [0.29, 0.717) is 70.9 Å². The Kier molecular flexibility index (Phi) is 7.94. The molecule has 12 heteroatoms. The minimum absolute atomic E-state index is 0.170. The number of nitrogens with one attached hydrogen (secondary N) is 2. The monoisotopic (exact) mass is 624 g/mol. The lowest BCUT2D eigenvalue weighted by atomic mass is 9.45. The van der Waals surface area contributed by atoms with Gasteiger partial charge in [0.2, 0.25) is 10.0 Å². The molecule has 2 heterocycles. The summed E-state index contributed by atoms with van der Waals surface area (Å²) in [5, 5.41) is 3.94. The van der Waals surface area contributed by atoms with Gasteiger partial charge in [-0.25, -0.2) is 27.5 Å². The summed E-state index contributed by atoms with van der Waals surface area (Å²) in [6.45, 7) is 8.36. The van der Waals surface area contributed by atoms with E-state index in [9.17, 15) is 17.6 Å². The van der Waals surface area contributed by atoms with Gasteiger partial charge in [-0.15, -0.1) is 0 Å². The Bertz CT molecular complexity index is 1770. The molecule has 3 saturated carbocycles. The number of hydrogen-bond donors (Lipinski definition) is 2. The molecule has 0 amide bonds. The Hall–Kier alpha value is -3.51. The van der Waals surface area contributed by atoms with E-state index < -0.39 is 10.0 Å². The molecule has 0 radical (unpaired) electrons. The van der Waals surface area contributed by atoms with E-state index in [1.807, 2.05) is 12.1 Å². The molecule has 2 aromatic carbocycles. The number of guanidine groups is 1. The van der Waals surface area contributed by atoms with Crippen LogP contribution in [-0.4, -0.2) is 67.4 Å². The highest BCUT2D eigenvalue weighted by molar-refractivity contribution is 7.88. The van der Waals surface area contributed by atoms with Gasteiger partial charge in [-0.05, 0) is 72.3 Å². The number of aliphatic imine (C=N–C) groups is 1. The number of sulfonamides is 1. The fraction of sp³-hybridized carbons (Fsp3) is 0.531. The number of benzene rings is 2. The molecule has 236 valence electrons. The van der Waals surface area contributed by atoms with Crippen molar-refractivity contribution < 1.29 is 17.5 Å². The Morgan fingerprint density at radius 3 is 2.61 bits per heavy atom. The van der Waals surface area contributed by atoms with Crippen LogP contribution in [0, 0.1) is 29.0 Å². The van der Waals surface area contributed by atoms with Crippen molar-refractivity contribution in [3.05, 3.63) is 64.5 Å². The number of rotatable bonds is 8. The summed E-state index contributed by atoms with van der Waals surface area (Å²) in [6.07, 6.45) is 5.31. The second kappa shape index (κ2) is 11.4. The third kappa shape index (κ3) is 5.93. The SMILES string of the molecule is COc1ccc(CCn2cnc3cc(NC(=NC4C[C@@H]5C[C@H]([C@@H]4C)C5(C)C)N4CC(NS(C)(=O)=O)C4)ccc3c2=O)c(F)c1. The van der Waals surface area contributed by atoms with Crippen molar-refractivity contribution in [2.45, 2.75) is 58.7 Å². The standard InChI is InChI=1S/C32H41FN6O4S/c1-19-26-12-21(32(26,2)3)13-28(19)36-31(39-16-23(17-39)37-44(5,41)42)35-22-7-9-25-29(14-22)34-18-38(30(25)40)11-10-20-6-8-24(43-4)15-27(20)33/h6-9,14-15,18-19,21,23,26,28,37H,10-13,16-17H2,1-5H3,(H,35,36)/t19-,21-,26+,28?/m0/s1. The normalized spacial score (nSPS) is 25.0. The van der Waals surface area contributed by atoms with Crippen molar-refractivity contribution >= 4 is 32.6 Å². The van der Waals surface area contributed by atoms with Gasteiger partial charge < -0.3 is 15.0 Å². The highest BCUT2D eigenvalue weighted by Gasteiger charge is 2.56. The first-order chi connectivity index (χ1) is 20.8. The maximum absolute atomic E-state index is 14.4. The molecule has 0 spiro atoms. The average molecular weight is 625 g/mol. The lowest BCUT2D eigenvalue weighted by molar-refractivity contribution is -0.108. The molecule has 2 bridgehead atoms. The zero-order valence-corrected chi connectivity index (χ0v) is 26.7. The van der Waals surface area contributed by atoms with E-state index in [2.05, 4.69) is 40.7 Å². The number of hydrogen-bond acceptors (Lipinski definition) is 6. The minimum atomic E-state index is -3.30. The molecule has 1 aromatic heterocycles. The predicted octanol–water partition coefficient (Wildman–Crippen LogP) is 3.86. The second-order valence-electron chi connectivity index (χ2n) is 13.3. The van der Waals surface area contributed by atoms with Crippen molar-refractivity contribution in [2.24, 2.45) is 28.2 Å². The van der Waals surface area contributed by atoms with E-state index in [-0.39, 0.29) is 30.0 Å². The van der Waals surface area contributed by atoms with Crippen LogP contribution in [-0.2, 0) is 23.0 Å². The van der Waals surface area contributed by atoms with Crippen molar-refractivity contribution in [1.29, 1.82) is 0 Å². The first kappa shape index (κ1) is 30.5. The van der Waals surface area contributed by atoms with Gasteiger partial charge in [0.05, 0.1) is 42.7 Å². The number of fused-ring (bicyclic) bond motifs is 3. The zero-order chi connectivity index (χ0) is 31.4. The fourth-order valence-electron chi connectivity index (χ4n) is 7.30. The van der Waals surface area contributed by atoms with Crippen LogP contribution in [0.4, 0.5) is 10.1 Å². The molecular formula is C32H41FN6O4S. The number of aromatic nitrogens is 2. The van der Waals surface area contributed by atoms with Crippen LogP contribution < -0.4 is 20.3 Å². The molecule has 1 aliphatic heterocycles. The number of halogens is 1. The maximum Gasteiger partial charge on any atom is 0.261 e. The summed E-state index contributed by atoms with van der Waals surface area (Å²) >= 11 is 0. The Morgan fingerprint density at radius 2 is 1.95 bits per heavy atom. The number of methoxy groups -OCH3 is 1. The summed E-state index contributed by atoms with van der Waals surface area (Å²) in [4.78, 5) is 25.1. The molecule has 10 nitrogen and oxygen atoms in total. The van der Waals surface area contributed by atoms with Gasteiger partial charge in [0.15, 0.2) is 5.96 Å². The average Bonchev–Trinajstić information content (AvgIpc) is 2.94. The third-order valence-electron chi connectivity index (χ3n) is 10.1. The summed E-state index contributed by atoms with van der Waals surface area (Å²) < 4.78 is 47.2. The smallest absolute Gasteiger partial charge is 0.261 e. The lowest BCUT2D eigenvalue weighted by Gasteiger charge is -2.61. The molecule has 2 N–H and O–H groups in total. The molecule has 44 heavy (non-hydrogen) atoms. The van der Waals surface area contributed by atoms with E-state index in [1.165, 1.54) is 36.7 Å². The molecule has 1 unspecified atom stereocenters. The highest BCUT2D eigenvalue weighted by atomic mass is 32.2. The van der Waals surface area contributed by atoms with Crippen LogP contribution in [0.5, 0.6) is 5.75 Å². The topological polar surface area (TPSA) is 118 Å². The molecule has 1 saturated heterocycles. The summed E-state index contributed by atoms with van der Waals surface area (Å²) in [5.74, 6) is 2.52. The van der Waals surface area contributed by atoms with E-state index >= 15 is 0 Å². The van der Waals surface area contributed by atoms with Gasteiger partial charge >= 0.3 is 0 Å². The zero-order valence-electron chi connectivity index (χ0n) is 25.9. The molecule has 3 aromatic rings. The van der Waals surface area contributed by atoms with E-state index in [0.717, 1.165) is 12.1 Å². The maximum atomic E-state index is 14.4. The van der Waals surface area contributed by atoms with Gasteiger partial charge in [-0.3, -0.25) is 9.36 Å². The lowest BCUT2D eigenvalue weighted by Crippen LogP contribution is -2.62. The largest absolute Gasteiger partial charge is 0.497 e. The van der Waals surface area contributed by atoms with Gasteiger partial charge in [0.25, 0.3) is 5.56 Å². The molecule has 4 atom stereocenters. The van der Waals surface area contributed by atoms with Crippen LogP contribution in [0.3, 0.4) is 0 Å². The third-order valence-corrected chi connectivity index (χ3v) is 10.9. The first-order valence-electron chi connectivity index (χ1n) is 15.2.